The summed E-state index contributed by atoms with van der Waals surface area (Å²) in [6.07, 6.45) is 0.497. The van der Waals surface area contributed by atoms with E-state index < -0.39 is 0 Å². The molecule has 4 rings (SSSR count). The summed E-state index contributed by atoms with van der Waals surface area (Å²) in [5.41, 5.74) is 3.19. The summed E-state index contributed by atoms with van der Waals surface area (Å²) in [4.78, 5) is 14.1. The van der Waals surface area contributed by atoms with Crippen LogP contribution >= 0.6 is 23.1 Å². The summed E-state index contributed by atoms with van der Waals surface area (Å²) in [6.45, 7) is 2.04. The van der Waals surface area contributed by atoms with Crippen molar-refractivity contribution in [2.45, 2.75) is 23.5 Å². The lowest BCUT2D eigenvalue weighted by Crippen LogP contribution is -2.05. The average molecular weight is 389 g/mol. The van der Waals surface area contributed by atoms with Gasteiger partial charge in [0, 0.05) is 22.1 Å². The SMILES string of the molecule is Cc1ccc(C(=O)C[C@H](Sc2ccc3ccccc3c2)c2ccsc2)cc1. The number of fused-ring (bicyclic) bond motifs is 1. The van der Waals surface area contributed by atoms with Crippen LogP contribution < -0.4 is 0 Å². The molecule has 3 aromatic carbocycles. The van der Waals surface area contributed by atoms with Crippen LogP contribution in [0.2, 0.25) is 0 Å². The third-order valence-electron chi connectivity index (χ3n) is 4.66. The van der Waals surface area contributed by atoms with Crippen LogP contribution in [0.3, 0.4) is 0 Å². The number of benzene rings is 3. The summed E-state index contributed by atoms with van der Waals surface area (Å²) < 4.78 is 0. The van der Waals surface area contributed by atoms with Gasteiger partial charge in [-0.15, -0.1) is 11.8 Å². The van der Waals surface area contributed by atoms with Crippen LogP contribution in [0.1, 0.15) is 33.2 Å². The molecule has 0 aliphatic carbocycles. The minimum Gasteiger partial charge on any atom is -0.294 e. The molecule has 0 saturated carbocycles. The first-order chi connectivity index (χ1) is 13.2. The third-order valence-corrected chi connectivity index (χ3v) is 6.61. The van der Waals surface area contributed by atoms with Gasteiger partial charge in [-0.25, -0.2) is 0 Å². The molecule has 1 heterocycles. The number of Topliss-reactive ketones (excluding diaryl/α,β-unsaturated/α-hetero) is 1. The van der Waals surface area contributed by atoms with Crippen molar-refractivity contribution in [3.8, 4) is 0 Å². The van der Waals surface area contributed by atoms with Crippen LogP contribution in [0.15, 0.2) is 88.5 Å². The molecule has 0 N–H and O–H groups in total. The molecule has 1 nitrogen and oxygen atoms in total. The Kier molecular flexibility index (Phi) is 5.42. The van der Waals surface area contributed by atoms with E-state index >= 15 is 0 Å². The molecule has 0 fully saturated rings. The lowest BCUT2D eigenvalue weighted by molar-refractivity contribution is 0.0982. The predicted molar refractivity (Wildman–Crippen MR) is 117 cm³/mol. The van der Waals surface area contributed by atoms with Gasteiger partial charge < -0.3 is 0 Å². The van der Waals surface area contributed by atoms with Crippen molar-refractivity contribution >= 4 is 39.7 Å². The van der Waals surface area contributed by atoms with Gasteiger partial charge in [-0.1, -0.05) is 60.2 Å². The molecule has 27 heavy (non-hydrogen) atoms. The fourth-order valence-electron chi connectivity index (χ4n) is 3.12. The maximum Gasteiger partial charge on any atom is 0.164 e. The normalized spacial score (nSPS) is 12.2. The van der Waals surface area contributed by atoms with Crippen molar-refractivity contribution in [3.05, 3.63) is 100 Å². The molecule has 0 aliphatic rings. The van der Waals surface area contributed by atoms with Gasteiger partial charge in [0.05, 0.1) is 0 Å². The van der Waals surface area contributed by atoms with E-state index in [9.17, 15) is 4.79 Å². The average Bonchev–Trinajstić information content (AvgIpc) is 3.22. The Bertz CT molecular complexity index is 1050. The topological polar surface area (TPSA) is 17.1 Å². The van der Waals surface area contributed by atoms with Gasteiger partial charge in [-0.2, -0.15) is 11.3 Å². The number of ketones is 1. The lowest BCUT2D eigenvalue weighted by atomic mass is 10.0. The monoisotopic (exact) mass is 388 g/mol. The molecular formula is C24H20OS2. The van der Waals surface area contributed by atoms with Crippen molar-refractivity contribution < 1.29 is 4.79 Å². The highest BCUT2D eigenvalue weighted by Gasteiger charge is 2.19. The highest BCUT2D eigenvalue weighted by atomic mass is 32.2. The molecule has 1 atom stereocenters. The highest BCUT2D eigenvalue weighted by Crippen LogP contribution is 2.40. The Morgan fingerprint density at radius 2 is 1.74 bits per heavy atom. The van der Waals surface area contributed by atoms with Crippen LogP contribution in [0, 0.1) is 6.92 Å². The maximum absolute atomic E-state index is 12.9. The molecule has 4 aromatic rings. The molecule has 0 bridgehead atoms. The van der Waals surface area contributed by atoms with Gasteiger partial charge >= 0.3 is 0 Å². The van der Waals surface area contributed by atoms with Gasteiger partial charge in [0.1, 0.15) is 0 Å². The van der Waals surface area contributed by atoms with Crippen molar-refractivity contribution in [2.24, 2.45) is 0 Å². The van der Waals surface area contributed by atoms with Crippen molar-refractivity contribution in [3.63, 3.8) is 0 Å². The summed E-state index contributed by atoms with van der Waals surface area (Å²) in [6, 6.07) is 24.9. The van der Waals surface area contributed by atoms with Crippen LogP contribution in [-0.4, -0.2) is 5.78 Å². The lowest BCUT2D eigenvalue weighted by Gasteiger charge is -2.16. The smallest absolute Gasteiger partial charge is 0.164 e. The molecule has 0 saturated heterocycles. The number of carbonyl (C=O) groups is 1. The fourth-order valence-corrected chi connectivity index (χ4v) is 5.10. The summed E-state index contributed by atoms with van der Waals surface area (Å²) >= 11 is 3.45. The minimum absolute atomic E-state index is 0.117. The quantitative estimate of drug-likeness (QED) is 0.254. The zero-order chi connectivity index (χ0) is 18.6. The first-order valence-electron chi connectivity index (χ1n) is 8.96. The first-order valence-corrected chi connectivity index (χ1v) is 10.8. The number of hydrogen-bond acceptors (Lipinski definition) is 3. The molecule has 134 valence electrons. The van der Waals surface area contributed by atoms with Gasteiger partial charge in [0.25, 0.3) is 0 Å². The number of thiophene rings is 1. The third kappa shape index (κ3) is 4.32. The second-order valence-electron chi connectivity index (χ2n) is 6.67. The molecule has 0 spiro atoms. The molecule has 0 amide bonds. The molecule has 0 radical (unpaired) electrons. The molecule has 0 unspecified atom stereocenters. The predicted octanol–water partition coefficient (Wildman–Crippen LogP) is 7.32. The second-order valence-corrected chi connectivity index (χ2v) is 8.72. The fraction of sp³-hybridized carbons (Fsp3) is 0.125. The van der Waals surface area contributed by atoms with Crippen LogP contribution in [0.5, 0.6) is 0 Å². The first kappa shape index (κ1) is 18.0. The highest BCUT2D eigenvalue weighted by molar-refractivity contribution is 7.99. The standard InChI is InChI=1S/C24H20OS2/c1-17-6-8-19(9-7-17)23(25)15-24(21-12-13-26-16-21)27-22-11-10-18-4-2-3-5-20(18)14-22/h2-14,16,24H,15H2,1H3/t24-/m0/s1. The van der Waals surface area contributed by atoms with Crippen LogP contribution in [0.4, 0.5) is 0 Å². The number of aryl methyl sites for hydroxylation is 1. The van der Waals surface area contributed by atoms with Crippen molar-refractivity contribution in [2.75, 3.05) is 0 Å². The van der Waals surface area contributed by atoms with E-state index in [0.29, 0.717) is 6.42 Å². The summed E-state index contributed by atoms with van der Waals surface area (Å²) in [7, 11) is 0. The van der Waals surface area contributed by atoms with E-state index in [2.05, 4.69) is 59.3 Å². The molecular weight excluding hydrogens is 368 g/mol. The zero-order valence-corrected chi connectivity index (χ0v) is 16.7. The Labute approximate surface area is 168 Å². The number of hydrogen-bond donors (Lipinski definition) is 0. The van der Waals surface area contributed by atoms with E-state index in [4.69, 9.17) is 0 Å². The van der Waals surface area contributed by atoms with E-state index in [-0.39, 0.29) is 11.0 Å². The van der Waals surface area contributed by atoms with Gasteiger partial charge in [-0.05, 0) is 52.2 Å². The van der Waals surface area contributed by atoms with E-state index in [1.165, 1.54) is 26.8 Å². The number of thioether (sulfide) groups is 1. The Hall–Kier alpha value is -2.36. The van der Waals surface area contributed by atoms with Crippen LogP contribution in [-0.2, 0) is 0 Å². The number of rotatable bonds is 6. The summed E-state index contributed by atoms with van der Waals surface area (Å²) in [5.74, 6) is 0.194. The molecule has 0 aliphatic heterocycles. The van der Waals surface area contributed by atoms with E-state index in [1.807, 2.05) is 31.2 Å². The molecule has 1 aromatic heterocycles. The second kappa shape index (κ2) is 8.12. The van der Waals surface area contributed by atoms with Gasteiger partial charge in [0.2, 0.25) is 0 Å². The Balaban J connectivity index is 1.59. The van der Waals surface area contributed by atoms with Crippen molar-refractivity contribution in [1.29, 1.82) is 0 Å². The zero-order valence-electron chi connectivity index (χ0n) is 15.1. The van der Waals surface area contributed by atoms with E-state index in [1.54, 1.807) is 23.1 Å². The van der Waals surface area contributed by atoms with E-state index in [0.717, 1.165) is 5.56 Å². The largest absolute Gasteiger partial charge is 0.294 e. The molecule has 3 heteroatoms. The van der Waals surface area contributed by atoms with Crippen molar-refractivity contribution in [1.82, 2.24) is 0 Å². The maximum atomic E-state index is 12.9. The van der Waals surface area contributed by atoms with Crippen LogP contribution in [0.25, 0.3) is 10.8 Å². The Morgan fingerprint density at radius 3 is 2.48 bits per heavy atom. The Morgan fingerprint density at radius 1 is 0.963 bits per heavy atom. The number of carbonyl (C=O) groups excluding carboxylic acids is 1. The van der Waals surface area contributed by atoms with Gasteiger partial charge in [-0.3, -0.25) is 4.79 Å². The summed E-state index contributed by atoms with van der Waals surface area (Å²) in [5, 5.41) is 6.83. The minimum atomic E-state index is 0.117. The van der Waals surface area contributed by atoms with Gasteiger partial charge in [0.15, 0.2) is 5.78 Å².